The fourth-order valence-electron chi connectivity index (χ4n) is 0.810. The summed E-state index contributed by atoms with van der Waals surface area (Å²) in [6.45, 7) is 0.303. The summed E-state index contributed by atoms with van der Waals surface area (Å²) in [4.78, 5) is 0. The van der Waals surface area contributed by atoms with Gasteiger partial charge in [-0.05, 0) is 0 Å². The highest BCUT2D eigenvalue weighted by Crippen LogP contribution is 2.24. The molecular weight excluding hydrogens is 128 g/mol. The summed E-state index contributed by atoms with van der Waals surface area (Å²) < 4.78 is 24.6. The van der Waals surface area contributed by atoms with Gasteiger partial charge in [-0.3, -0.25) is 0 Å². The van der Waals surface area contributed by atoms with Crippen LogP contribution in [0.2, 0.25) is 0 Å². The van der Waals surface area contributed by atoms with E-state index in [1.54, 1.807) is 0 Å². The Morgan fingerprint density at radius 2 is 2.22 bits per heavy atom. The predicted octanol–water partition coefficient (Wildman–Crippen LogP) is -0.0241. The lowest BCUT2D eigenvalue weighted by molar-refractivity contribution is -0.123. The summed E-state index contributed by atoms with van der Waals surface area (Å²) in [5, 5.41) is 11.3. The van der Waals surface area contributed by atoms with Crippen LogP contribution in [0.1, 0.15) is 6.42 Å². The summed E-state index contributed by atoms with van der Waals surface area (Å²) in [5.74, 6) is -2.87. The average molecular weight is 137 g/mol. The monoisotopic (exact) mass is 137 g/mol. The first-order chi connectivity index (χ1) is 4.13. The minimum absolute atomic E-state index is 0.00694. The number of aliphatic hydroxyl groups excluding tert-OH is 1. The van der Waals surface area contributed by atoms with Crippen molar-refractivity contribution in [2.45, 2.75) is 18.4 Å². The molecule has 0 amide bonds. The normalized spacial score (nSPS) is 34.3. The number of aliphatic hydroxyl groups is 1. The van der Waals surface area contributed by atoms with Gasteiger partial charge in [-0.25, -0.2) is 8.78 Å². The van der Waals surface area contributed by atoms with Gasteiger partial charge in [0.1, 0.15) is 6.10 Å². The van der Waals surface area contributed by atoms with Crippen molar-refractivity contribution in [3.8, 4) is 0 Å². The van der Waals surface area contributed by atoms with E-state index in [0.717, 1.165) is 0 Å². The number of halogens is 2. The molecule has 0 spiro atoms. The molecule has 1 rings (SSSR count). The third-order valence-corrected chi connectivity index (χ3v) is 1.46. The Bertz CT molecular complexity index is 107. The van der Waals surface area contributed by atoms with Crippen LogP contribution >= 0.6 is 0 Å². The number of alkyl halides is 2. The molecule has 0 aliphatic carbocycles. The fraction of sp³-hybridized carbons (Fsp3) is 1.00. The number of hydrogen-bond donors (Lipinski definition) is 2. The van der Waals surface area contributed by atoms with Crippen molar-refractivity contribution in [3.63, 3.8) is 0 Å². The molecule has 0 aromatic heterocycles. The van der Waals surface area contributed by atoms with Crippen LogP contribution < -0.4 is 5.32 Å². The maximum absolute atomic E-state index is 12.3. The standard InChI is InChI=1S/C5H9F2NO/c6-5(7)1-2-8-3-4(5)9/h4,8-9H,1-3H2/t4-/m0/s1. The lowest BCUT2D eigenvalue weighted by Crippen LogP contribution is -2.48. The molecule has 0 radical (unpaired) electrons. The first kappa shape index (κ1) is 6.89. The Morgan fingerprint density at radius 1 is 1.56 bits per heavy atom. The Balaban J connectivity index is 2.49. The summed E-state index contributed by atoms with van der Waals surface area (Å²) in [6, 6.07) is 0. The SMILES string of the molecule is O[C@H]1CNCCC1(F)F. The Labute approximate surface area is 51.9 Å². The predicted molar refractivity (Wildman–Crippen MR) is 28.4 cm³/mol. The van der Waals surface area contributed by atoms with Crippen molar-refractivity contribution in [1.29, 1.82) is 0 Å². The molecule has 1 fully saturated rings. The minimum atomic E-state index is -2.87. The van der Waals surface area contributed by atoms with Crippen LogP contribution in [-0.4, -0.2) is 30.2 Å². The summed E-state index contributed by atoms with van der Waals surface area (Å²) in [5.41, 5.74) is 0. The molecule has 9 heavy (non-hydrogen) atoms. The molecule has 0 aromatic rings. The highest BCUT2D eigenvalue weighted by atomic mass is 19.3. The molecule has 0 bridgehead atoms. The zero-order valence-electron chi connectivity index (χ0n) is 4.90. The topological polar surface area (TPSA) is 32.3 Å². The molecule has 1 aliphatic rings. The van der Waals surface area contributed by atoms with E-state index in [1.807, 2.05) is 0 Å². The number of nitrogens with one attached hydrogen (secondary N) is 1. The van der Waals surface area contributed by atoms with Gasteiger partial charge >= 0.3 is 0 Å². The maximum atomic E-state index is 12.3. The van der Waals surface area contributed by atoms with Gasteiger partial charge in [0.05, 0.1) is 0 Å². The van der Waals surface area contributed by atoms with Gasteiger partial charge in [-0.2, -0.15) is 0 Å². The summed E-state index contributed by atoms with van der Waals surface area (Å²) >= 11 is 0. The Morgan fingerprint density at radius 3 is 2.56 bits per heavy atom. The number of rotatable bonds is 0. The summed E-state index contributed by atoms with van der Waals surface area (Å²) in [7, 11) is 0. The molecule has 2 N–H and O–H groups in total. The van der Waals surface area contributed by atoms with Crippen molar-refractivity contribution in [1.82, 2.24) is 5.32 Å². The van der Waals surface area contributed by atoms with E-state index >= 15 is 0 Å². The second-order valence-corrected chi connectivity index (χ2v) is 2.23. The number of piperidine rings is 1. The highest BCUT2D eigenvalue weighted by Gasteiger charge is 2.39. The van der Waals surface area contributed by atoms with Crippen molar-refractivity contribution >= 4 is 0 Å². The molecular formula is C5H9F2NO. The van der Waals surface area contributed by atoms with Crippen molar-refractivity contribution < 1.29 is 13.9 Å². The highest BCUT2D eigenvalue weighted by molar-refractivity contribution is 4.83. The van der Waals surface area contributed by atoms with Crippen LogP contribution in [0.25, 0.3) is 0 Å². The lowest BCUT2D eigenvalue weighted by Gasteiger charge is -2.27. The van der Waals surface area contributed by atoms with E-state index < -0.39 is 12.0 Å². The van der Waals surface area contributed by atoms with Crippen LogP contribution in [-0.2, 0) is 0 Å². The van der Waals surface area contributed by atoms with Gasteiger partial charge in [-0.15, -0.1) is 0 Å². The molecule has 2 nitrogen and oxygen atoms in total. The fourth-order valence-corrected chi connectivity index (χ4v) is 0.810. The molecule has 4 heteroatoms. The van der Waals surface area contributed by atoms with E-state index in [-0.39, 0.29) is 13.0 Å². The maximum Gasteiger partial charge on any atom is 0.275 e. The first-order valence-corrected chi connectivity index (χ1v) is 2.89. The Kier molecular flexibility index (Phi) is 1.68. The van der Waals surface area contributed by atoms with Crippen molar-refractivity contribution in [2.75, 3.05) is 13.1 Å². The van der Waals surface area contributed by atoms with Gasteiger partial charge in [0, 0.05) is 19.5 Å². The third-order valence-electron chi connectivity index (χ3n) is 1.46. The largest absolute Gasteiger partial charge is 0.386 e. The minimum Gasteiger partial charge on any atom is -0.386 e. The summed E-state index contributed by atoms with van der Waals surface area (Å²) in [6.07, 6.45) is -1.75. The zero-order chi connectivity index (χ0) is 6.91. The zero-order valence-corrected chi connectivity index (χ0v) is 4.90. The molecule has 1 saturated heterocycles. The molecule has 1 atom stereocenters. The third kappa shape index (κ3) is 1.37. The second-order valence-electron chi connectivity index (χ2n) is 2.23. The van der Waals surface area contributed by atoms with Gasteiger partial charge in [0.25, 0.3) is 5.92 Å². The molecule has 54 valence electrons. The van der Waals surface area contributed by atoms with Crippen LogP contribution in [0.15, 0.2) is 0 Å². The van der Waals surface area contributed by atoms with Crippen LogP contribution in [0.4, 0.5) is 8.78 Å². The van der Waals surface area contributed by atoms with Crippen LogP contribution in [0.5, 0.6) is 0 Å². The van der Waals surface area contributed by atoms with Crippen LogP contribution in [0.3, 0.4) is 0 Å². The van der Waals surface area contributed by atoms with Crippen LogP contribution in [0, 0.1) is 0 Å². The van der Waals surface area contributed by atoms with Gasteiger partial charge < -0.3 is 10.4 Å². The van der Waals surface area contributed by atoms with Gasteiger partial charge in [0.2, 0.25) is 0 Å². The van der Waals surface area contributed by atoms with E-state index in [0.29, 0.717) is 6.54 Å². The van der Waals surface area contributed by atoms with E-state index in [4.69, 9.17) is 5.11 Å². The van der Waals surface area contributed by atoms with Gasteiger partial charge in [-0.1, -0.05) is 0 Å². The number of hydrogen-bond acceptors (Lipinski definition) is 2. The molecule has 1 heterocycles. The van der Waals surface area contributed by atoms with Crippen molar-refractivity contribution in [2.24, 2.45) is 0 Å². The first-order valence-electron chi connectivity index (χ1n) is 2.89. The van der Waals surface area contributed by atoms with Crippen molar-refractivity contribution in [3.05, 3.63) is 0 Å². The molecule has 0 unspecified atom stereocenters. The quantitative estimate of drug-likeness (QED) is 0.491. The van der Waals surface area contributed by atoms with E-state index in [1.165, 1.54) is 0 Å². The second kappa shape index (κ2) is 2.19. The number of β-amino-alcohol motifs (C(OH)–C–C–N with tert-alkyl or cyclic N) is 1. The van der Waals surface area contributed by atoms with E-state index in [9.17, 15) is 8.78 Å². The lowest BCUT2D eigenvalue weighted by atomic mass is 10.1. The smallest absolute Gasteiger partial charge is 0.275 e. The van der Waals surface area contributed by atoms with Gasteiger partial charge in [0.15, 0.2) is 0 Å². The molecule has 1 aliphatic heterocycles. The molecule has 0 aromatic carbocycles. The Hall–Kier alpha value is -0.220. The van der Waals surface area contributed by atoms with E-state index in [2.05, 4.69) is 5.32 Å². The molecule has 0 saturated carbocycles. The average Bonchev–Trinajstić information content (AvgIpc) is 1.77.